The van der Waals surface area contributed by atoms with Crippen LogP contribution in [0.1, 0.15) is 17.3 Å². The van der Waals surface area contributed by atoms with E-state index in [-0.39, 0.29) is 5.97 Å². The van der Waals surface area contributed by atoms with Crippen LogP contribution in [0, 0.1) is 0 Å². The van der Waals surface area contributed by atoms with Crippen LogP contribution in [-0.4, -0.2) is 50.8 Å². The highest BCUT2D eigenvalue weighted by Crippen LogP contribution is 2.35. The number of hydrogen-bond donors (Lipinski definition) is 0. The Balaban J connectivity index is 1.62. The van der Waals surface area contributed by atoms with Gasteiger partial charge in [0, 0.05) is 37.8 Å². The van der Waals surface area contributed by atoms with Crippen molar-refractivity contribution in [2.45, 2.75) is 6.92 Å². The summed E-state index contributed by atoms with van der Waals surface area (Å²) in [6, 6.07) is 10.1. The molecule has 0 radical (unpaired) electrons. The van der Waals surface area contributed by atoms with Crippen LogP contribution in [0.3, 0.4) is 0 Å². The highest BCUT2D eigenvalue weighted by atomic mass is 32.1. The van der Waals surface area contributed by atoms with Crippen LogP contribution in [-0.2, 0) is 4.74 Å². The van der Waals surface area contributed by atoms with Gasteiger partial charge in [0.15, 0.2) is 0 Å². The number of benzene rings is 1. The minimum absolute atomic E-state index is 0.315. The Labute approximate surface area is 168 Å². The standard InChI is InChI=1S/C21H23N3O3S/c1-3-27-21(25)16-14-22-20-15(8-13-28-20)19(16)24-11-9-23(10-12-24)17-6-4-5-7-18(17)26-2/h4-8,13-14H,3,9-12H2,1-2H3. The van der Waals surface area contributed by atoms with Gasteiger partial charge in [-0.2, -0.15) is 0 Å². The average molecular weight is 398 g/mol. The summed E-state index contributed by atoms with van der Waals surface area (Å²) in [5.41, 5.74) is 2.58. The number of thiophene rings is 1. The lowest BCUT2D eigenvalue weighted by molar-refractivity contribution is 0.0527. The molecule has 7 heteroatoms. The molecular formula is C21H23N3O3S. The van der Waals surface area contributed by atoms with Crippen molar-refractivity contribution in [2.24, 2.45) is 0 Å². The zero-order chi connectivity index (χ0) is 19.5. The van der Waals surface area contributed by atoms with E-state index in [1.807, 2.05) is 36.6 Å². The van der Waals surface area contributed by atoms with Crippen LogP contribution in [0.15, 0.2) is 41.9 Å². The highest BCUT2D eigenvalue weighted by molar-refractivity contribution is 7.16. The molecule has 6 nitrogen and oxygen atoms in total. The molecule has 1 aromatic carbocycles. The largest absolute Gasteiger partial charge is 0.495 e. The van der Waals surface area contributed by atoms with Gasteiger partial charge in [-0.3, -0.25) is 0 Å². The lowest BCUT2D eigenvalue weighted by atomic mass is 10.1. The molecule has 28 heavy (non-hydrogen) atoms. The number of ether oxygens (including phenoxy) is 2. The van der Waals surface area contributed by atoms with Crippen molar-refractivity contribution < 1.29 is 14.3 Å². The number of fused-ring (bicyclic) bond motifs is 1. The maximum atomic E-state index is 12.5. The molecular weight excluding hydrogens is 374 g/mol. The normalized spacial score (nSPS) is 14.4. The number of piperazine rings is 1. The molecule has 1 saturated heterocycles. The van der Waals surface area contributed by atoms with Crippen LogP contribution in [0.2, 0.25) is 0 Å². The topological polar surface area (TPSA) is 54.9 Å². The van der Waals surface area contributed by atoms with Crippen molar-refractivity contribution in [3.05, 3.63) is 47.5 Å². The molecule has 146 valence electrons. The summed E-state index contributed by atoms with van der Waals surface area (Å²) >= 11 is 1.58. The third kappa shape index (κ3) is 3.38. The van der Waals surface area contributed by atoms with Crippen LogP contribution >= 0.6 is 11.3 Å². The van der Waals surface area contributed by atoms with Crippen molar-refractivity contribution in [1.29, 1.82) is 0 Å². The second-order valence-corrected chi connectivity index (χ2v) is 7.42. The Morgan fingerprint density at radius 3 is 2.64 bits per heavy atom. The number of carbonyl (C=O) groups is 1. The van der Waals surface area contributed by atoms with E-state index >= 15 is 0 Å². The molecule has 3 aromatic rings. The number of rotatable bonds is 5. The molecule has 4 rings (SSSR count). The number of para-hydroxylation sites is 2. The highest BCUT2D eigenvalue weighted by Gasteiger charge is 2.26. The first kappa shape index (κ1) is 18.6. The van der Waals surface area contributed by atoms with E-state index in [4.69, 9.17) is 9.47 Å². The Kier molecular flexibility index (Phi) is 5.34. The number of anilines is 2. The zero-order valence-corrected chi connectivity index (χ0v) is 16.9. The van der Waals surface area contributed by atoms with Crippen molar-refractivity contribution in [1.82, 2.24) is 4.98 Å². The lowest BCUT2D eigenvalue weighted by Gasteiger charge is -2.38. The first-order valence-electron chi connectivity index (χ1n) is 9.39. The Morgan fingerprint density at radius 2 is 1.89 bits per heavy atom. The number of hydrogen-bond acceptors (Lipinski definition) is 7. The molecule has 0 bridgehead atoms. The van der Waals surface area contributed by atoms with Crippen LogP contribution in [0.5, 0.6) is 5.75 Å². The van der Waals surface area contributed by atoms with E-state index in [9.17, 15) is 4.79 Å². The first-order valence-corrected chi connectivity index (χ1v) is 10.3. The monoisotopic (exact) mass is 397 g/mol. The van der Waals surface area contributed by atoms with Crippen molar-refractivity contribution in [3.63, 3.8) is 0 Å². The van der Waals surface area contributed by atoms with Crippen molar-refractivity contribution >= 4 is 38.9 Å². The van der Waals surface area contributed by atoms with E-state index < -0.39 is 0 Å². The summed E-state index contributed by atoms with van der Waals surface area (Å²) in [4.78, 5) is 22.5. The van der Waals surface area contributed by atoms with Gasteiger partial charge in [0.25, 0.3) is 0 Å². The Bertz CT molecular complexity index is 980. The van der Waals surface area contributed by atoms with E-state index in [1.165, 1.54) is 0 Å². The average Bonchev–Trinajstić information content (AvgIpc) is 3.22. The fourth-order valence-electron chi connectivity index (χ4n) is 3.67. The number of aromatic nitrogens is 1. The minimum Gasteiger partial charge on any atom is -0.495 e. The number of carbonyl (C=O) groups excluding carboxylic acids is 1. The molecule has 1 aliphatic heterocycles. The van der Waals surface area contributed by atoms with Gasteiger partial charge in [0.2, 0.25) is 0 Å². The Morgan fingerprint density at radius 1 is 1.14 bits per heavy atom. The fourth-order valence-corrected chi connectivity index (χ4v) is 4.41. The molecule has 0 amide bonds. The van der Waals surface area contributed by atoms with Gasteiger partial charge in [-0.25, -0.2) is 9.78 Å². The summed E-state index contributed by atoms with van der Waals surface area (Å²) in [5, 5.41) is 3.03. The number of methoxy groups -OCH3 is 1. The van der Waals surface area contributed by atoms with Gasteiger partial charge in [-0.15, -0.1) is 11.3 Å². The maximum absolute atomic E-state index is 12.5. The van der Waals surface area contributed by atoms with Gasteiger partial charge in [-0.1, -0.05) is 12.1 Å². The minimum atomic E-state index is -0.315. The number of nitrogens with zero attached hydrogens (tertiary/aromatic N) is 3. The van der Waals surface area contributed by atoms with E-state index in [2.05, 4.69) is 20.9 Å². The van der Waals surface area contributed by atoms with Crippen molar-refractivity contribution in [2.75, 3.05) is 49.7 Å². The molecule has 1 aliphatic rings. The zero-order valence-electron chi connectivity index (χ0n) is 16.1. The fraction of sp³-hybridized carbons (Fsp3) is 0.333. The van der Waals surface area contributed by atoms with Gasteiger partial charge < -0.3 is 19.3 Å². The summed E-state index contributed by atoms with van der Waals surface area (Å²) in [7, 11) is 1.70. The second-order valence-electron chi connectivity index (χ2n) is 6.53. The lowest BCUT2D eigenvalue weighted by Crippen LogP contribution is -2.47. The summed E-state index contributed by atoms with van der Waals surface area (Å²) in [6.07, 6.45) is 1.65. The predicted octanol–water partition coefficient (Wildman–Crippen LogP) is 3.81. The molecule has 0 atom stereocenters. The number of esters is 1. The third-order valence-corrected chi connectivity index (χ3v) is 5.80. The van der Waals surface area contributed by atoms with E-state index in [0.717, 1.165) is 53.5 Å². The van der Waals surface area contributed by atoms with Crippen LogP contribution < -0.4 is 14.5 Å². The summed E-state index contributed by atoms with van der Waals surface area (Å²) in [5.74, 6) is 0.567. The molecule has 0 spiro atoms. The van der Waals surface area contributed by atoms with Crippen LogP contribution in [0.25, 0.3) is 10.2 Å². The summed E-state index contributed by atoms with van der Waals surface area (Å²) < 4.78 is 10.8. The van der Waals surface area contributed by atoms with Gasteiger partial charge in [0.05, 0.1) is 25.1 Å². The third-order valence-electron chi connectivity index (χ3n) is 4.98. The first-order chi connectivity index (χ1) is 13.7. The second kappa shape index (κ2) is 8.06. The molecule has 0 saturated carbocycles. The molecule has 0 N–H and O–H groups in total. The maximum Gasteiger partial charge on any atom is 0.341 e. The SMILES string of the molecule is CCOC(=O)c1cnc2sccc2c1N1CCN(c2ccccc2OC)CC1. The molecule has 2 aromatic heterocycles. The Hall–Kier alpha value is -2.80. The molecule has 0 aliphatic carbocycles. The van der Waals surface area contributed by atoms with E-state index in [1.54, 1.807) is 24.6 Å². The molecule has 3 heterocycles. The van der Waals surface area contributed by atoms with Gasteiger partial charge >= 0.3 is 5.97 Å². The summed E-state index contributed by atoms with van der Waals surface area (Å²) in [6.45, 7) is 5.47. The van der Waals surface area contributed by atoms with Crippen molar-refractivity contribution in [3.8, 4) is 5.75 Å². The van der Waals surface area contributed by atoms with E-state index in [0.29, 0.717) is 12.2 Å². The molecule has 1 fully saturated rings. The van der Waals surface area contributed by atoms with Gasteiger partial charge in [-0.05, 0) is 30.5 Å². The molecule has 0 unspecified atom stereocenters. The van der Waals surface area contributed by atoms with Gasteiger partial charge in [0.1, 0.15) is 16.1 Å². The predicted molar refractivity (Wildman–Crippen MR) is 113 cm³/mol. The van der Waals surface area contributed by atoms with Crippen LogP contribution in [0.4, 0.5) is 11.4 Å². The quantitative estimate of drug-likeness (QED) is 0.610. The number of pyridine rings is 1. The smallest absolute Gasteiger partial charge is 0.341 e.